The summed E-state index contributed by atoms with van der Waals surface area (Å²) >= 11 is 0. The van der Waals surface area contributed by atoms with E-state index in [0.29, 0.717) is 5.16 Å². The van der Waals surface area contributed by atoms with E-state index in [1.807, 2.05) is 0 Å². The van der Waals surface area contributed by atoms with Crippen LogP contribution in [0.5, 0.6) is 0 Å². The first-order valence-corrected chi connectivity index (χ1v) is 8.22. The quantitative estimate of drug-likeness (QED) is 0.396. The predicted octanol–water partition coefficient (Wildman–Crippen LogP) is 4.82. The van der Waals surface area contributed by atoms with Crippen LogP contribution in [0, 0.1) is 14.9 Å². The van der Waals surface area contributed by atoms with Gasteiger partial charge in [0.2, 0.25) is 0 Å². The Morgan fingerprint density at radius 1 is 1.00 bits per heavy atom. The van der Waals surface area contributed by atoms with E-state index in [-0.39, 0.29) is 48.7 Å². The number of hydrogen-bond donors (Lipinski definition) is 0. The van der Waals surface area contributed by atoms with Gasteiger partial charge in [-0.15, -0.1) is 0 Å². The molecule has 2 nitrogen and oxygen atoms in total. The zero-order valence-electron chi connectivity index (χ0n) is 14.1. The second-order valence-electron chi connectivity index (χ2n) is 6.69. The molecule has 1 aromatic heterocycles. The van der Waals surface area contributed by atoms with E-state index in [9.17, 15) is 0 Å². The van der Waals surface area contributed by atoms with Crippen LogP contribution in [0.25, 0.3) is 0 Å². The summed E-state index contributed by atoms with van der Waals surface area (Å²) in [6.07, 6.45) is 7.81. The zero-order chi connectivity index (χ0) is 12.6. The van der Waals surface area contributed by atoms with Crippen molar-refractivity contribution >= 4 is 7.92 Å². The normalized spacial score (nSPS) is 12.8. The van der Waals surface area contributed by atoms with Crippen molar-refractivity contribution in [3.63, 3.8) is 0 Å². The summed E-state index contributed by atoms with van der Waals surface area (Å²) in [4.78, 5) is 0. The molecule has 0 aliphatic carbocycles. The fourth-order valence-corrected chi connectivity index (χ4v) is 2.60. The number of imidazole rings is 1. The van der Waals surface area contributed by atoms with Gasteiger partial charge in [0.1, 0.15) is 0 Å². The average Bonchev–Trinajstić information content (AvgIpc) is 2.49. The smallest absolute Gasteiger partial charge is 0.358 e. The maximum Gasteiger partial charge on any atom is 2.00 e. The van der Waals surface area contributed by atoms with Gasteiger partial charge in [0, 0.05) is 14.6 Å². The van der Waals surface area contributed by atoms with Crippen molar-refractivity contribution in [2.75, 3.05) is 6.66 Å². The van der Waals surface area contributed by atoms with Gasteiger partial charge in [0.05, 0.1) is 10.7 Å². The van der Waals surface area contributed by atoms with Crippen molar-refractivity contribution in [2.24, 2.45) is 0 Å². The van der Waals surface area contributed by atoms with Crippen LogP contribution < -0.4 is 0 Å². The molecule has 0 fully saturated rings. The van der Waals surface area contributed by atoms with E-state index < -0.39 is 0 Å². The summed E-state index contributed by atoms with van der Waals surface area (Å²) in [5.74, 6) is 0. The van der Waals surface area contributed by atoms with E-state index in [4.69, 9.17) is 0 Å². The molecular formula is C15H33N2PPd+2. The average molecular weight is 379 g/mol. The molecule has 0 amide bonds. The molecule has 0 radical (unpaired) electrons. The number of rotatable bonds is 2. The summed E-state index contributed by atoms with van der Waals surface area (Å²) in [5.41, 5.74) is 0.188. The SMILES string of the molecule is C[PH+](Cn1ccn(C(C)(C)C)[cH+]1)C(C)(C)C.[CH3-].[CH3-].[Pd+2]. The van der Waals surface area contributed by atoms with Crippen molar-refractivity contribution in [3.05, 3.63) is 33.6 Å². The van der Waals surface area contributed by atoms with Crippen molar-refractivity contribution in [2.45, 2.75) is 58.5 Å². The first-order chi connectivity index (χ1) is 7.10. The molecule has 0 N–H and O–H groups in total. The fraction of sp³-hybridized carbons (Fsp3) is 0.667. The first kappa shape index (κ1) is 24.3. The summed E-state index contributed by atoms with van der Waals surface area (Å²) < 4.78 is 4.62. The van der Waals surface area contributed by atoms with Gasteiger partial charge in [0.25, 0.3) is 0 Å². The monoisotopic (exact) mass is 378 g/mol. The van der Waals surface area contributed by atoms with E-state index in [2.05, 4.69) is 76.1 Å². The van der Waals surface area contributed by atoms with E-state index in [1.54, 1.807) is 0 Å². The molecule has 1 heterocycles. The van der Waals surface area contributed by atoms with Gasteiger partial charge in [-0.25, -0.2) is 4.57 Å². The topological polar surface area (TPSA) is 9.86 Å². The molecule has 0 spiro atoms. The molecule has 19 heavy (non-hydrogen) atoms. The Morgan fingerprint density at radius 2 is 1.47 bits per heavy atom. The standard InChI is InChI=1S/C13H26N2P.2CH3.Pd/c1-12(2,3)15-9-8-14(10-15)11-16(7)13(4,5)6;;;/h8-10H,11H2,1-7H3;2*1H3;/q+1;2*-1;+2/p+1. The van der Waals surface area contributed by atoms with Crippen LogP contribution in [0.4, 0.5) is 0 Å². The summed E-state index contributed by atoms with van der Waals surface area (Å²) in [6, 6.07) is 0. The van der Waals surface area contributed by atoms with Crippen molar-refractivity contribution in [1.82, 2.24) is 9.13 Å². The molecule has 1 unspecified atom stereocenters. The van der Waals surface area contributed by atoms with Gasteiger partial charge in [-0.05, 0) is 41.5 Å². The third-order valence-electron chi connectivity index (χ3n) is 3.17. The number of nitrogens with zero attached hydrogens (tertiary/aromatic N) is 2. The molecule has 116 valence electrons. The van der Waals surface area contributed by atoms with E-state index in [0.717, 1.165) is 0 Å². The van der Waals surface area contributed by atoms with Crippen LogP contribution in [-0.4, -0.2) is 21.0 Å². The van der Waals surface area contributed by atoms with E-state index in [1.165, 1.54) is 6.29 Å². The summed E-state index contributed by atoms with van der Waals surface area (Å²) in [6.45, 7) is 16.2. The third-order valence-corrected chi connectivity index (χ3v) is 6.57. The molecule has 4 heteroatoms. The Labute approximate surface area is 136 Å². The molecule has 1 atom stereocenters. The minimum absolute atomic E-state index is 0. The molecule has 0 aromatic carbocycles. The van der Waals surface area contributed by atoms with Crippen LogP contribution in [-0.2, 0) is 32.2 Å². The maximum atomic E-state index is 2.42. The molecule has 0 saturated heterocycles. The molecule has 0 aliphatic heterocycles. The summed E-state index contributed by atoms with van der Waals surface area (Å²) in [5, 5.41) is 0.474. The van der Waals surface area contributed by atoms with Crippen molar-refractivity contribution < 1.29 is 20.4 Å². The first-order valence-electron chi connectivity index (χ1n) is 6.01. The Bertz CT molecular complexity index is 348. The van der Waals surface area contributed by atoms with E-state index >= 15 is 0 Å². The molecule has 0 saturated carbocycles. The third kappa shape index (κ3) is 7.60. The van der Waals surface area contributed by atoms with Gasteiger partial charge in [0.15, 0.2) is 25.0 Å². The zero-order valence-corrected chi connectivity index (χ0v) is 16.7. The van der Waals surface area contributed by atoms with Crippen molar-refractivity contribution in [3.8, 4) is 0 Å². The second-order valence-corrected chi connectivity index (χ2v) is 10.1. The Morgan fingerprint density at radius 3 is 1.79 bits per heavy atom. The van der Waals surface area contributed by atoms with Crippen LogP contribution in [0.1, 0.15) is 41.5 Å². The second kappa shape index (κ2) is 8.56. The van der Waals surface area contributed by atoms with Gasteiger partial charge in [-0.1, -0.05) is 0 Å². The largest absolute Gasteiger partial charge is 2.00 e. The molecule has 1 aromatic rings. The van der Waals surface area contributed by atoms with Gasteiger partial charge >= 0.3 is 20.4 Å². The Hall–Kier alpha value is 0.302. The van der Waals surface area contributed by atoms with Crippen LogP contribution in [0.2, 0.25) is 0 Å². The predicted molar refractivity (Wildman–Crippen MR) is 88.6 cm³/mol. The number of hydrogen-bond acceptors (Lipinski definition) is 0. The van der Waals surface area contributed by atoms with Gasteiger partial charge in [-0.2, -0.15) is 4.57 Å². The van der Waals surface area contributed by atoms with Gasteiger partial charge < -0.3 is 14.9 Å². The molecular weight excluding hydrogens is 346 g/mol. The fourth-order valence-electron chi connectivity index (χ4n) is 1.40. The van der Waals surface area contributed by atoms with Gasteiger partial charge in [-0.3, -0.25) is 0 Å². The number of aromatic nitrogens is 2. The molecule has 0 aliphatic rings. The molecule has 0 bridgehead atoms. The minimum Gasteiger partial charge on any atom is -0.358 e. The van der Waals surface area contributed by atoms with Crippen LogP contribution in [0.15, 0.2) is 18.7 Å². The molecule has 1 rings (SSSR count). The summed E-state index contributed by atoms with van der Waals surface area (Å²) in [7, 11) is -0.339. The van der Waals surface area contributed by atoms with Crippen LogP contribution >= 0.6 is 7.92 Å². The Kier molecular flexibility index (Phi) is 11.0. The Balaban J connectivity index is -0.000000853. The van der Waals surface area contributed by atoms with Crippen molar-refractivity contribution in [1.29, 1.82) is 0 Å². The minimum atomic E-state index is -0.339. The maximum absolute atomic E-state index is 2.42. The van der Waals surface area contributed by atoms with Crippen LogP contribution in [0.3, 0.4) is 0 Å².